The summed E-state index contributed by atoms with van der Waals surface area (Å²) < 4.78 is 1.87. The summed E-state index contributed by atoms with van der Waals surface area (Å²) in [7, 11) is 3.85. The largest absolute Gasteiger partial charge is 0.336 e. The molecule has 3 aromatic heterocycles. The number of pyridine rings is 2. The van der Waals surface area contributed by atoms with Crippen molar-refractivity contribution in [3.8, 4) is 11.3 Å². The minimum Gasteiger partial charge on any atom is -0.336 e. The molecule has 4 rings (SSSR count). The van der Waals surface area contributed by atoms with E-state index in [0.717, 1.165) is 41.0 Å². The van der Waals surface area contributed by atoms with Gasteiger partial charge in [0.15, 0.2) is 5.65 Å². The van der Waals surface area contributed by atoms with Crippen LogP contribution in [0.2, 0.25) is 0 Å². The van der Waals surface area contributed by atoms with Crippen LogP contribution >= 0.6 is 0 Å². The highest BCUT2D eigenvalue weighted by Gasteiger charge is 2.21. The number of aromatic nitrogens is 4. The van der Waals surface area contributed by atoms with Gasteiger partial charge in [0, 0.05) is 44.5 Å². The zero-order valence-electron chi connectivity index (χ0n) is 20.8. The van der Waals surface area contributed by atoms with Gasteiger partial charge in [-0.2, -0.15) is 5.10 Å². The molecule has 0 radical (unpaired) electrons. The SMILES string of the molecule is CC(C)n1ncc2c(C(=O)N(C)Cc3ccccn3)cc(-c3cccc(CN(C)CCN)c3)nc21. The summed E-state index contributed by atoms with van der Waals surface area (Å²) >= 11 is 0. The summed E-state index contributed by atoms with van der Waals surface area (Å²) in [5.41, 5.74) is 10.7. The van der Waals surface area contributed by atoms with Crippen LogP contribution in [0.4, 0.5) is 0 Å². The lowest BCUT2D eigenvalue weighted by atomic mass is 10.0. The maximum Gasteiger partial charge on any atom is 0.254 e. The quantitative estimate of drug-likeness (QED) is 0.400. The molecule has 1 aromatic carbocycles. The van der Waals surface area contributed by atoms with E-state index in [1.807, 2.05) is 41.1 Å². The van der Waals surface area contributed by atoms with E-state index < -0.39 is 0 Å². The molecule has 4 aromatic rings. The number of carbonyl (C=O) groups is 1. The van der Waals surface area contributed by atoms with E-state index >= 15 is 0 Å². The van der Waals surface area contributed by atoms with Crippen molar-refractivity contribution in [3.05, 3.63) is 77.7 Å². The molecule has 1 amide bonds. The van der Waals surface area contributed by atoms with Crippen LogP contribution in [0.5, 0.6) is 0 Å². The molecule has 0 spiro atoms. The number of rotatable bonds is 9. The zero-order chi connectivity index (χ0) is 24.9. The lowest BCUT2D eigenvalue weighted by Gasteiger charge is -2.18. The average molecular weight is 472 g/mol. The molecule has 0 fully saturated rings. The molecule has 0 saturated carbocycles. The highest BCUT2D eigenvalue weighted by molar-refractivity contribution is 6.06. The summed E-state index contributed by atoms with van der Waals surface area (Å²) in [6.45, 7) is 6.76. The van der Waals surface area contributed by atoms with Gasteiger partial charge in [-0.15, -0.1) is 0 Å². The van der Waals surface area contributed by atoms with E-state index in [9.17, 15) is 4.79 Å². The Kier molecular flexibility index (Phi) is 7.53. The number of amides is 1. The molecule has 8 nitrogen and oxygen atoms in total. The molecule has 35 heavy (non-hydrogen) atoms. The number of fused-ring (bicyclic) bond motifs is 1. The van der Waals surface area contributed by atoms with Crippen molar-refractivity contribution >= 4 is 16.9 Å². The fraction of sp³-hybridized carbons (Fsp3) is 0.333. The molecule has 2 N–H and O–H groups in total. The van der Waals surface area contributed by atoms with Crippen LogP contribution in [0.25, 0.3) is 22.3 Å². The van der Waals surface area contributed by atoms with Crippen LogP contribution in [-0.4, -0.2) is 62.6 Å². The normalized spacial score (nSPS) is 11.5. The van der Waals surface area contributed by atoms with Crippen molar-refractivity contribution in [3.63, 3.8) is 0 Å². The number of benzene rings is 1. The zero-order valence-corrected chi connectivity index (χ0v) is 20.8. The van der Waals surface area contributed by atoms with E-state index in [2.05, 4.69) is 48.0 Å². The number of carbonyl (C=O) groups excluding carboxylic acids is 1. The number of nitrogens with two attached hydrogens (primary N) is 1. The van der Waals surface area contributed by atoms with Gasteiger partial charge in [0.2, 0.25) is 0 Å². The first-order chi connectivity index (χ1) is 16.9. The van der Waals surface area contributed by atoms with Crippen LogP contribution in [0.1, 0.15) is 41.5 Å². The molecule has 0 bridgehead atoms. The van der Waals surface area contributed by atoms with Crippen molar-refractivity contribution in [1.82, 2.24) is 29.5 Å². The molecule has 182 valence electrons. The maximum absolute atomic E-state index is 13.6. The highest BCUT2D eigenvalue weighted by atomic mass is 16.2. The lowest BCUT2D eigenvalue weighted by molar-refractivity contribution is 0.0785. The van der Waals surface area contributed by atoms with E-state index in [-0.39, 0.29) is 11.9 Å². The molecular weight excluding hydrogens is 438 g/mol. The van der Waals surface area contributed by atoms with Crippen LogP contribution in [0.15, 0.2) is 60.9 Å². The maximum atomic E-state index is 13.6. The molecule has 0 aliphatic heterocycles. The first-order valence-corrected chi connectivity index (χ1v) is 11.9. The second kappa shape index (κ2) is 10.8. The van der Waals surface area contributed by atoms with Gasteiger partial charge in [0.1, 0.15) is 0 Å². The topological polar surface area (TPSA) is 93.2 Å². The Bertz CT molecular complexity index is 1300. The predicted octanol–water partition coefficient (Wildman–Crippen LogP) is 3.74. The third-order valence-corrected chi connectivity index (χ3v) is 5.94. The third kappa shape index (κ3) is 5.55. The third-order valence-electron chi connectivity index (χ3n) is 5.94. The van der Waals surface area contributed by atoms with Crippen LogP contribution in [0.3, 0.4) is 0 Å². The molecule has 0 saturated heterocycles. The first-order valence-electron chi connectivity index (χ1n) is 11.9. The standard InChI is InChI=1S/C27H33N7O/c1-19(2)34-26-24(16-30-34)23(27(35)33(4)18-22-10-5-6-12-29-22)15-25(31-26)21-9-7-8-20(14-21)17-32(3)13-11-28/h5-10,12,14-16,19H,11,13,17-18,28H2,1-4H3. The summed E-state index contributed by atoms with van der Waals surface area (Å²) in [5, 5.41) is 5.30. The van der Waals surface area contributed by atoms with Gasteiger partial charge in [0.25, 0.3) is 5.91 Å². The lowest BCUT2D eigenvalue weighted by Crippen LogP contribution is -2.27. The second-order valence-corrected chi connectivity index (χ2v) is 9.18. The molecule has 0 unspecified atom stereocenters. The van der Waals surface area contributed by atoms with Gasteiger partial charge in [-0.1, -0.05) is 24.3 Å². The second-order valence-electron chi connectivity index (χ2n) is 9.18. The number of likely N-dealkylation sites (N-methyl/N-ethyl adjacent to an activating group) is 1. The summed E-state index contributed by atoms with van der Waals surface area (Å²) in [4.78, 5) is 26.8. The average Bonchev–Trinajstić information content (AvgIpc) is 3.28. The number of hydrogen-bond donors (Lipinski definition) is 1. The van der Waals surface area contributed by atoms with Gasteiger partial charge in [-0.25, -0.2) is 9.67 Å². The molecule has 3 heterocycles. The van der Waals surface area contributed by atoms with E-state index in [1.54, 1.807) is 24.3 Å². The minimum absolute atomic E-state index is 0.0913. The van der Waals surface area contributed by atoms with Gasteiger partial charge >= 0.3 is 0 Å². The van der Waals surface area contributed by atoms with Crippen LogP contribution in [-0.2, 0) is 13.1 Å². The Hall–Kier alpha value is -3.62. The van der Waals surface area contributed by atoms with Gasteiger partial charge in [-0.05, 0) is 50.7 Å². The molecule has 0 aliphatic rings. The van der Waals surface area contributed by atoms with E-state index in [1.165, 1.54) is 0 Å². The number of hydrogen-bond acceptors (Lipinski definition) is 6. The monoisotopic (exact) mass is 471 g/mol. The number of nitrogens with zero attached hydrogens (tertiary/aromatic N) is 6. The van der Waals surface area contributed by atoms with Crippen molar-refractivity contribution in [2.45, 2.75) is 33.0 Å². The van der Waals surface area contributed by atoms with Gasteiger partial charge < -0.3 is 15.5 Å². The van der Waals surface area contributed by atoms with Crippen molar-refractivity contribution in [1.29, 1.82) is 0 Å². The summed E-state index contributed by atoms with van der Waals surface area (Å²) in [6, 6.07) is 16.0. The molecule has 8 heteroatoms. The predicted molar refractivity (Wildman–Crippen MR) is 139 cm³/mol. The Labute approximate surface area is 206 Å². The van der Waals surface area contributed by atoms with Crippen LogP contribution < -0.4 is 5.73 Å². The van der Waals surface area contributed by atoms with Crippen molar-refractivity contribution < 1.29 is 4.79 Å². The smallest absolute Gasteiger partial charge is 0.254 e. The fourth-order valence-corrected chi connectivity index (χ4v) is 4.17. The Balaban J connectivity index is 1.75. The molecule has 0 aliphatic carbocycles. The van der Waals surface area contributed by atoms with Crippen molar-refractivity contribution in [2.75, 3.05) is 27.2 Å². The Morgan fingerprint density at radius 3 is 2.63 bits per heavy atom. The highest BCUT2D eigenvalue weighted by Crippen LogP contribution is 2.28. The molecular formula is C27H33N7O. The van der Waals surface area contributed by atoms with Crippen molar-refractivity contribution in [2.24, 2.45) is 5.73 Å². The van der Waals surface area contributed by atoms with Crippen LogP contribution in [0, 0.1) is 0 Å². The van der Waals surface area contributed by atoms with Gasteiger partial charge in [0.05, 0.1) is 35.1 Å². The first kappa shape index (κ1) is 24.5. The Morgan fingerprint density at radius 1 is 1.09 bits per heavy atom. The van der Waals surface area contributed by atoms with Gasteiger partial charge in [-0.3, -0.25) is 9.78 Å². The molecule has 0 atom stereocenters. The van der Waals surface area contributed by atoms with E-state index in [4.69, 9.17) is 10.7 Å². The summed E-state index contributed by atoms with van der Waals surface area (Å²) in [5.74, 6) is -0.0913. The van der Waals surface area contributed by atoms with E-state index in [0.29, 0.717) is 24.3 Å². The summed E-state index contributed by atoms with van der Waals surface area (Å²) in [6.07, 6.45) is 3.48. The minimum atomic E-state index is -0.0913. The Morgan fingerprint density at radius 2 is 1.91 bits per heavy atom. The fourth-order valence-electron chi connectivity index (χ4n) is 4.17.